The Morgan fingerprint density at radius 1 is 1.40 bits per heavy atom. The summed E-state index contributed by atoms with van der Waals surface area (Å²) in [6.45, 7) is 2.99. The van der Waals surface area contributed by atoms with Gasteiger partial charge in [0.25, 0.3) is 0 Å². The molecule has 3 rings (SSSR count). The predicted octanol–water partition coefficient (Wildman–Crippen LogP) is 3.08. The van der Waals surface area contributed by atoms with Crippen LogP contribution in [0.3, 0.4) is 0 Å². The van der Waals surface area contributed by atoms with Gasteiger partial charge in [-0.05, 0) is 25.8 Å². The third-order valence-electron chi connectivity index (χ3n) is 3.88. The Morgan fingerprint density at radius 2 is 2.20 bits per heavy atom. The van der Waals surface area contributed by atoms with Crippen LogP contribution in [0, 0.1) is 0 Å². The molecule has 0 unspecified atom stereocenters. The number of methoxy groups -OCH3 is 1. The average molecular weight is 271 g/mol. The third-order valence-corrected chi connectivity index (χ3v) is 3.88. The Balaban J connectivity index is 1.66. The first-order chi connectivity index (χ1) is 9.79. The molecule has 1 N–H and O–H groups in total. The SMILES string of the molecule is COc1ccccc1[C@@H](C)NCc1cncn1C1CC1. The largest absolute Gasteiger partial charge is 0.496 e. The van der Waals surface area contributed by atoms with Crippen molar-refractivity contribution >= 4 is 0 Å². The second-order valence-electron chi connectivity index (χ2n) is 5.37. The second-order valence-corrected chi connectivity index (χ2v) is 5.37. The Hall–Kier alpha value is -1.81. The Bertz CT molecular complexity index is 575. The zero-order valence-corrected chi connectivity index (χ0v) is 12.0. The van der Waals surface area contributed by atoms with Gasteiger partial charge in [-0.25, -0.2) is 4.98 Å². The van der Waals surface area contributed by atoms with Crippen LogP contribution in [0.2, 0.25) is 0 Å². The number of rotatable bonds is 6. The molecule has 0 amide bonds. The van der Waals surface area contributed by atoms with Gasteiger partial charge in [0.1, 0.15) is 5.75 Å². The number of nitrogens with zero attached hydrogens (tertiary/aromatic N) is 2. The molecule has 1 aromatic heterocycles. The van der Waals surface area contributed by atoms with Crippen LogP contribution in [0.25, 0.3) is 0 Å². The Morgan fingerprint density at radius 3 is 2.95 bits per heavy atom. The zero-order valence-electron chi connectivity index (χ0n) is 12.0. The van der Waals surface area contributed by atoms with Crippen LogP contribution in [-0.4, -0.2) is 16.7 Å². The maximum absolute atomic E-state index is 5.42. The van der Waals surface area contributed by atoms with Crippen LogP contribution >= 0.6 is 0 Å². The number of ether oxygens (including phenoxy) is 1. The lowest BCUT2D eigenvalue weighted by Gasteiger charge is -2.17. The highest BCUT2D eigenvalue weighted by Crippen LogP contribution is 2.35. The number of benzene rings is 1. The topological polar surface area (TPSA) is 39.1 Å². The molecule has 0 saturated heterocycles. The van der Waals surface area contributed by atoms with Gasteiger partial charge in [-0.2, -0.15) is 0 Å². The van der Waals surface area contributed by atoms with Crippen molar-refractivity contribution in [2.45, 2.75) is 38.4 Å². The van der Waals surface area contributed by atoms with Crippen LogP contribution in [0.15, 0.2) is 36.8 Å². The van der Waals surface area contributed by atoms with Gasteiger partial charge in [0.2, 0.25) is 0 Å². The number of hydrogen-bond donors (Lipinski definition) is 1. The first-order valence-corrected chi connectivity index (χ1v) is 7.16. The van der Waals surface area contributed by atoms with E-state index >= 15 is 0 Å². The number of para-hydroxylation sites is 1. The first kappa shape index (κ1) is 13.2. The van der Waals surface area contributed by atoms with Crippen LogP contribution < -0.4 is 10.1 Å². The van der Waals surface area contributed by atoms with E-state index in [1.807, 2.05) is 30.7 Å². The van der Waals surface area contributed by atoms with Gasteiger partial charge in [0.15, 0.2) is 0 Å². The van der Waals surface area contributed by atoms with Crippen molar-refractivity contribution in [3.05, 3.63) is 48.0 Å². The summed E-state index contributed by atoms with van der Waals surface area (Å²) in [7, 11) is 1.72. The molecule has 1 aliphatic carbocycles. The molecule has 1 heterocycles. The molecule has 1 fully saturated rings. The molecule has 0 radical (unpaired) electrons. The van der Waals surface area contributed by atoms with Crippen molar-refractivity contribution < 1.29 is 4.74 Å². The van der Waals surface area contributed by atoms with Gasteiger partial charge in [-0.15, -0.1) is 0 Å². The Labute approximate surface area is 119 Å². The maximum atomic E-state index is 5.42. The van der Waals surface area contributed by atoms with Crippen molar-refractivity contribution in [1.29, 1.82) is 0 Å². The summed E-state index contributed by atoms with van der Waals surface area (Å²) < 4.78 is 7.71. The van der Waals surface area contributed by atoms with Crippen LogP contribution in [0.4, 0.5) is 0 Å². The summed E-state index contributed by atoms with van der Waals surface area (Å²) >= 11 is 0. The predicted molar refractivity (Wildman–Crippen MR) is 78.7 cm³/mol. The molecule has 2 aromatic rings. The fraction of sp³-hybridized carbons (Fsp3) is 0.438. The van der Waals surface area contributed by atoms with Gasteiger partial charge >= 0.3 is 0 Å². The number of nitrogens with one attached hydrogen (secondary N) is 1. The molecule has 1 aliphatic rings. The van der Waals surface area contributed by atoms with Gasteiger partial charge < -0.3 is 14.6 Å². The molecule has 1 atom stereocenters. The molecule has 4 nitrogen and oxygen atoms in total. The highest BCUT2D eigenvalue weighted by Gasteiger charge is 2.25. The van der Waals surface area contributed by atoms with Crippen molar-refractivity contribution in [2.75, 3.05) is 7.11 Å². The van der Waals surface area contributed by atoms with E-state index < -0.39 is 0 Å². The quantitative estimate of drug-likeness (QED) is 0.877. The third kappa shape index (κ3) is 2.70. The standard InChI is InChI=1S/C16H21N3O/c1-12(15-5-3-4-6-16(15)20-2)18-10-14-9-17-11-19(14)13-7-8-13/h3-6,9,11-13,18H,7-8,10H2,1-2H3/t12-/m1/s1. The minimum atomic E-state index is 0.244. The molecule has 0 aliphatic heterocycles. The Kier molecular flexibility index (Phi) is 3.74. The molecule has 106 valence electrons. The summed E-state index contributed by atoms with van der Waals surface area (Å²) in [6, 6.07) is 9.07. The van der Waals surface area contributed by atoms with Crippen molar-refractivity contribution in [3.8, 4) is 5.75 Å². The smallest absolute Gasteiger partial charge is 0.123 e. The van der Waals surface area contributed by atoms with Crippen molar-refractivity contribution in [2.24, 2.45) is 0 Å². The second kappa shape index (κ2) is 5.67. The maximum Gasteiger partial charge on any atom is 0.123 e. The lowest BCUT2D eigenvalue weighted by molar-refractivity contribution is 0.401. The van der Waals surface area contributed by atoms with Crippen molar-refractivity contribution in [1.82, 2.24) is 14.9 Å². The van der Waals surface area contributed by atoms with E-state index in [2.05, 4.69) is 27.9 Å². The van der Waals surface area contributed by atoms with E-state index in [4.69, 9.17) is 4.74 Å². The van der Waals surface area contributed by atoms with Crippen molar-refractivity contribution in [3.63, 3.8) is 0 Å². The van der Waals surface area contributed by atoms with E-state index in [0.717, 1.165) is 12.3 Å². The van der Waals surface area contributed by atoms with Gasteiger partial charge in [-0.3, -0.25) is 0 Å². The summed E-state index contributed by atoms with van der Waals surface area (Å²) in [6.07, 6.45) is 6.47. The lowest BCUT2D eigenvalue weighted by atomic mass is 10.1. The zero-order chi connectivity index (χ0) is 13.9. The van der Waals surface area contributed by atoms with Crippen LogP contribution in [0.1, 0.15) is 43.1 Å². The molecular formula is C16H21N3O. The normalized spacial score (nSPS) is 16.1. The molecular weight excluding hydrogens is 250 g/mol. The van der Waals surface area contributed by atoms with E-state index in [1.165, 1.54) is 24.1 Å². The van der Waals surface area contributed by atoms with E-state index in [1.54, 1.807) is 7.11 Å². The fourth-order valence-corrected chi connectivity index (χ4v) is 2.54. The average Bonchev–Trinajstić information content (AvgIpc) is 3.23. The number of aromatic nitrogens is 2. The summed E-state index contributed by atoms with van der Waals surface area (Å²) in [5, 5.41) is 3.56. The summed E-state index contributed by atoms with van der Waals surface area (Å²) in [4.78, 5) is 4.27. The minimum Gasteiger partial charge on any atom is -0.496 e. The number of imidazole rings is 1. The lowest BCUT2D eigenvalue weighted by Crippen LogP contribution is -2.20. The van der Waals surface area contributed by atoms with E-state index in [9.17, 15) is 0 Å². The first-order valence-electron chi connectivity index (χ1n) is 7.16. The van der Waals surface area contributed by atoms with E-state index in [0.29, 0.717) is 6.04 Å². The van der Waals surface area contributed by atoms with Gasteiger partial charge in [0, 0.05) is 30.4 Å². The molecule has 0 spiro atoms. The molecule has 4 heteroatoms. The highest BCUT2D eigenvalue weighted by molar-refractivity contribution is 5.35. The fourth-order valence-electron chi connectivity index (χ4n) is 2.54. The van der Waals surface area contributed by atoms with Gasteiger partial charge in [0.05, 0.1) is 19.1 Å². The van der Waals surface area contributed by atoms with Crippen LogP contribution in [0.5, 0.6) is 5.75 Å². The summed E-state index contributed by atoms with van der Waals surface area (Å²) in [5.74, 6) is 0.934. The molecule has 1 aromatic carbocycles. The highest BCUT2D eigenvalue weighted by atomic mass is 16.5. The number of hydrogen-bond acceptors (Lipinski definition) is 3. The molecule has 1 saturated carbocycles. The van der Waals surface area contributed by atoms with Gasteiger partial charge in [-0.1, -0.05) is 18.2 Å². The van der Waals surface area contributed by atoms with E-state index in [-0.39, 0.29) is 6.04 Å². The molecule has 0 bridgehead atoms. The summed E-state index contributed by atoms with van der Waals surface area (Å²) in [5.41, 5.74) is 2.45. The monoisotopic (exact) mass is 271 g/mol. The molecule has 20 heavy (non-hydrogen) atoms. The van der Waals surface area contributed by atoms with Crippen LogP contribution in [-0.2, 0) is 6.54 Å². The minimum absolute atomic E-state index is 0.244.